The molecule has 2 aliphatic rings. The van der Waals surface area contributed by atoms with Gasteiger partial charge in [0.05, 0.1) is 12.1 Å². The molecular formula is C21H23F2N7OS. The molecule has 8 nitrogen and oxygen atoms in total. The van der Waals surface area contributed by atoms with Crippen LogP contribution in [0.1, 0.15) is 5.69 Å². The Morgan fingerprint density at radius 2 is 1.94 bits per heavy atom. The van der Waals surface area contributed by atoms with E-state index in [-0.39, 0.29) is 11.4 Å². The maximum Gasteiger partial charge on any atom is 0.326 e. The number of nitrogens with one attached hydrogen (secondary N) is 2. The Bertz CT molecular complexity index is 1190. The second-order valence-corrected chi connectivity index (χ2v) is 8.95. The molecule has 11 heteroatoms. The molecule has 5 rings (SSSR count). The number of hydrogen-bond acceptors (Lipinski definition) is 8. The van der Waals surface area contributed by atoms with E-state index in [1.54, 1.807) is 24.8 Å². The van der Waals surface area contributed by atoms with Crippen molar-refractivity contribution in [2.75, 3.05) is 55.7 Å². The summed E-state index contributed by atoms with van der Waals surface area (Å²) in [5.41, 5.74) is 1.10. The Hall–Kier alpha value is -2.92. The van der Waals surface area contributed by atoms with Crippen molar-refractivity contribution in [2.24, 2.45) is 4.99 Å². The van der Waals surface area contributed by atoms with Crippen molar-refractivity contribution in [1.29, 1.82) is 0 Å². The fourth-order valence-corrected chi connectivity index (χ4v) is 4.49. The molecular weight excluding hydrogens is 436 g/mol. The van der Waals surface area contributed by atoms with Crippen LogP contribution in [0.5, 0.6) is 11.8 Å². The first-order valence-corrected chi connectivity index (χ1v) is 11.4. The van der Waals surface area contributed by atoms with Gasteiger partial charge in [0.1, 0.15) is 11.6 Å². The number of benzene rings is 1. The quantitative estimate of drug-likeness (QED) is 0.617. The van der Waals surface area contributed by atoms with E-state index < -0.39 is 17.4 Å². The average molecular weight is 460 g/mol. The summed E-state index contributed by atoms with van der Waals surface area (Å²) in [5.74, 6) is -0.135. The van der Waals surface area contributed by atoms with Gasteiger partial charge < -0.3 is 24.8 Å². The van der Waals surface area contributed by atoms with Crippen molar-refractivity contribution >= 4 is 39.5 Å². The summed E-state index contributed by atoms with van der Waals surface area (Å²) in [6.07, 6.45) is 0. The summed E-state index contributed by atoms with van der Waals surface area (Å²) in [5, 5.41) is 4.17. The van der Waals surface area contributed by atoms with E-state index in [4.69, 9.17) is 4.74 Å². The van der Waals surface area contributed by atoms with E-state index in [0.29, 0.717) is 17.2 Å². The molecule has 0 aliphatic carbocycles. The Labute approximate surface area is 188 Å². The van der Waals surface area contributed by atoms with E-state index in [9.17, 15) is 4.39 Å². The van der Waals surface area contributed by atoms with Crippen LogP contribution in [-0.2, 0) is 0 Å². The highest BCUT2D eigenvalue weighted by atomic mass is 32.2. The van der Waals surface area contributed by atoms with Crippen molar-refractivity contribution in [3.05, 3.63) is 35.5 Å². The number of halogens is 2. The minimum atomic E-state index is -0.823. The number of H-pyrrole nitrogens is 1. The average Bonchev–Trinajstić information content (AvgIpc) is 3.40. The molecule has 1 fully saturated rings. The van der Waals surface area contributed by atoms with E-state index >= 15 is 4.39 Å². The minimum absolute atomic E-state index is 0.128. The molecule has 0 saturated carbocycles. The topological polar surface area (TPSA) is 81.7 Å². The number of hydrogen-bond donors (Lipinski definition) is 2. The lowest BCUT2D eigenvalue weighted by atomic mass is 10.2. The third-order valence-corrected chi connectivity index (χ3v) is 6.33. The van der Waals surface area contributed by atoms with Crippen LogP contribution in [0.15, 0.2) is 23.2 Å². The smallest absolute Gasteiger partial charge is 0.326 e. The van der Waals surface area contributed by atoms with Gasteiger partial charge in [-0.1, -0.05) is 11.8 Å². The number of amidine groups is 1. The van der Waals surface area contributed by atoms with Crippen LogP contribution in [-0.4, -0.2) is 70.5 Å². The fraction of sp³-hybridized carbons (Fsp3) is 0.381. The monoisotopic (exact) mass is 459 g/mol. The summed E-state index contributed by atoms with van der Waals surface area (Å²) in [4.78, 5) is 20.5. The summed E-state index contributed by atoms with van der Waals surface area (Å²) >= 11 is 1.59. The zero-order chi connectivity index (χ0) is 22.2. The van der Waals surface area contributed by atoms with Gasteiger partial charge in [-0.2, -0.15) is 9.97 Å². The number of ether oxygens (including phenoxy) is 1. The van der Waals surface area contributed by atoms with Crippen LogP contribution in [0, 0.1) is 18.6 Å². The van der Waals surface area contributed by atoms with E-state index in [1.807, 2.05) is 6.07 Å². The van der Waals surface area contributed by atoms with E-state index in [1.165, 1.54) is 6.07 Å². The van der Waals surface area contributed by atoms with Crippen LogP contribution in [0.4, 0.5) is 20.4 Å². The molecule has 168 valence electrons. The summed E-state index contributed by atoms with van der Waals surface area (Å²) in [6.45, 7) is 5.84. The molecule has 0 radical (unpaired) electrons. The molecule has 2 N–H and O–H groups in total. The van der Waals surface area contributed by atoms with Crippen LogP contribution in [0.2, 0.25) is 0 Å². The van der Waals surface area contributed by atoms with E-state index in [0.717, 1.165) is 49.3 Å². The molecule has 4 heterocycles. The lowest BCUT2D eigenvalue weighted by molar-refractivity contribution is 0.311. The fourth-order valence-electron chi connectivity index (χ4n) is 3.75. The number of piperazine rings is 1. The Morgan fingerprint density at radius 3 is 2.69 bits per heavy atom. The van der Waals surface area contributed by atoms with Gasteiger partial charge in [-0.3, -0.25) is 4.99 Å². The zero-order valence-corrected chi connectivity index (χ0v) is 18.6. The first-order chi connectivity index (χ1) is 15.5. The summed E-state index contributed by atoms with van der Waals surface area (Å²) in [7, 11) is 2.07. The molecule has 0 atom stereocenters. The number of aromatic amines is 1. The number of thioether (sulfide) groups is 1. The van der Waals surface area contributed by atoms with Crippen LogP contribution >= 0.6 is 11.8 Å². The van der Waals surface area contributed by atoms with Crippen LogP contribution in [0.3, 0.4) is 0 Å². The van der Waals surface area contributed by atoms with Crippen LogP contribution < -0.4 is 15.0 Å². The molecule has 0 bridgehead atoms. The molecule has 0 amide bonds. The first-order valence-electron chi connectivity index (χ1n) is 10.4. The predicted octanol–water partition coefficient (Wildman–Crippen LogP) is 3.60. The number of aromatic nitrogens is 3. The van der Waals surface area contributed by atoms with Gasteiger partial charge in [-0.05, 0) is 20.0 Å². The largest absolute Gasteiger partial charge is 0.418 e. The maximum atomic E-state index is 15.1. The Kier molecular flexibility index (Phi) is 5.60. The van der Waals surface area contributed by atoms with Gasteiger partial charge in [0, 0.05) is 55.1 Å². The van der Waals surface area contributed by atoms with Crippen LogP contribution in [0.25, 0.3) is 10.9 Å². The van der Waals surface area contributed by atoms with Crippen molar-refractivity contribution in [2.45, 2.75) is 6.92 Å². The summed E-state index contributed by atoms with van der Waals surface area (Å²) in [6, 6.07) is 4.51. The molecule has 1 aromatic carbocycles. The third-order valence-electron chi connectivity index (χ3n) is 5.44. The number of rotatable bonds is 4. The Morgan fingerprint density at radius 1 is 1.12 bits per heavy atom. The van der Waals surface area contributed by atoms with Crippen molar-refractivity contribution < 1.29 is 13.5 Å². The van der Waals surface area contributed by atoms with Crippen molar-refractivity contribution in [1.82, 2.24) is 19.9 Å². The maximum absolute atomic E-state index is 15.1. The van der Waals surface area contributed by atoms with Gasteiger partial charge in [0.2, 0.25) is 5.75 Å². The van der Waals surface area contributed by atoms with Gasteiger partial charge in [0.25, 0.3) is 0 Å². The number of aryl methyl sites for hydroxylation is 1. The minimum Gasteiger partial charge on any atom is -0.418 e. The molecule has 3 aromatic rings. The second kappa shape index (κ2) is 8.55. The highest BCUT2D eigenvalue weighted by molar-refractivity contribution is 8.14. The molecule has 0 unspecified atom stereocenters. The molecule has 2 aromatic heterocycles. The molecule has 2 aliphatic heterocycles. The number of aliphatic imine (C=N–C) groups is 1. The standard InChI is InChI=1S/C21H23F2N7OS/c1-12-9-13-15(25-12)10-14(22)19(18(13)23)31-20-26-16(27-21-24-3-8-32-21)11-17(28-20)30-6-4-29(2)5-7-30/h9-11,25H,3-8H2,1-2H3,(H,24,26,27,28). The van der Waals surface area contributed by atoms with Gasteiger partial charge in [-0.25, -0.2) is 8.78 Å². The SMILES string of the molecule is Cc1cc2c(F)c(Oc3nc(NC4=NCCS4)cc(N4CCN(C)CC4)n3)c(F)cc2[nH]1. The lowest BCUT2D eigenvalue weighted by Crippen LogP contribution is -2.44. The highest BCUT2D eigenvalue weighted by Crippen LogP contribution is 2.33. The van der Waals surface area contributed by atoms with Gasteiger partial charge >= 0.3 is 6.01 Å². The summed E-state index contributed by atoms with van der Waals surface area (Å²) < 4.78 is 35.4. The zero-order valence-electron chi connectivity index (χ0n) is 17.8. The molecule has 32 heavy (non-hydrogen) atoms. The number of nitrogens with zero attached hydrogens (tertiary/aromatic N) is 5. The number of fused-ring (bicyclic) bond motifs is 1. The normalized spacial score (nSPS) is 17.1. The molecule has 1 saturated heterocycles. The van der Waals surface area contributed by atoms with Crippen molar-refractivity contribution in [3.8, 4) is 11.8 Å². The van der Waals surface area contributed by atoms with Gasteiger partial charge in [-0.15, -0.1) is 0 Å². The Balaban J connectivity index is 1.51. The highest BCUT2D eigenvalue weighted by Gasteiger charge is 2.22. The first kappa shape index (κ1) is 21.0. The van der Waals surface area contributed by atoms with Crippen molar-refractivity contribution in [3.63, 3.8) is 0 Å². The number of likely N-dealkylation sites (N-methyl/N-ethyl adjacent to an activating group) is 1. The number of anilines is 2. The lowest BCUT2D eigenvalue weighted by Gasteiger charge is -2.33. The predicted molar refractivity (Wildman–Crippen MR) is 123 cm³/mol. The second-order valence-electron chi connectivity index (χ2n) is 7.86. The van der Waals surface area contributed by atoms with E-state index in [2.05, 4.69) is 42.1 Å². The third kappa shape index (κ3) is 4.22. The molecule has 0 spiro atoms. The van der Waals surface area contributed by atoms with Gasteiger partial charge in [0.15, 0.2) is 16.8 Å².